The van der Waals surface area contributed by atoms with E-state index in [1.807, 2.05) is 19.2 Å². The number of unbranched alkanes of at least 4 members (excludes halogenated alkanes) is 1. The molecule has 1 rings (SSSR count). The molecule has 0 aliphatic heterocycles. The minimum absolute atomic E-state index is 0.968. The third kappa shape index (κ3) is 5.85. The minimum Gasteiger partial charge on any atom is -0.496 e. The lowest BCUT2D eigenvalue weighted by molar-refractivity contribution is 0.409. The number of halogens is 1. The van der Waals surface area contributed by atoms with Gasteiger partial charge in [-0.25, -0.2) is 0 Å². The molecule has 4 heteroatoms. The molecule has 0 aliphatic carbocycles. The molecule has 0 unspecified atom stereocenters. The molecule has 0 fully saturated rings. The van der Waals surface area contributed by atoms with Gasteiger partial charge < -0.3 is 15.4 Å². The van der Waals surface area contributed by atoms with Crippen LogP contribution in [0.15, 0.2) is 22.7 Å². The fraction of sp³-hybridized carbons (Fsp3) is 0.571. The van der Waals surface area contributed by atoms with Gasteiger partial charge in [-0.3, -0.25) is 0 Å². The maximum atomic E-state index is 5.35. The first-order valence-corrected chi connectivity index (χ1v) is 7.25. The first-order chi connectivity index (χ1) is 8.77. The predicted molar refractivity (Wildman–Crippen MR) is 80.4 cm³/mol. The van der Waals surface area contributed by atoms with Crippen LogP contribution in [-0.2, 0) is 6.42 Å². The Morgan fingerprint density at radius 3 is 2.67 bits per heavy atom. The highest BCUT2D eigenvalue weighted by Gasteiger charge is 2.03. The summed E-state index contributed by atoms with van der Waals surface area (Å²) in [6, 6.07) is 6.14. The molecule has 0 saturated heterocycles. The smallest absolute Gasteiger partial charge is 0.122 e. The molecule has 0 amide bonds. The van der Waals surface area contributed by atoms with Crippen molar-refractivity contribution >= 4 is 15.9 Å². The van der Waals surface area contributed by atoms with Crippen LogP contribution in [0.5, 0.6) is 5.75 Å². The zero-order chi connectivity index (χ0) is 13.2. The van der Waals surface area contributed by atoms with Crippen LogP contribution in [0.25, 0.3) is 0 Å². The molecule has 0 heterocycles. The van der Waals surface area contributed by atoms with Gasteiger partial charge in [0.2, 0.25) is 0 Å². The second-order valence-electron chi connectivity index (χ2n) is 4.27. The molecule has 0 atom stereocenters. The molecule has 2 N–H and O–H groups in total. The highest BCUT2D eigenvalue weighted by molar-refractivity contribution is 9.10. The van der Waals surface area contributed by atoms with E-state index < -0.39 is 0 Å². The van der Waals surface area contributed by atoms with Crippen LogP contribution < -0.4 is 15.4 Å². The highest BCUT2D eigenvalue weighted by atomic mass is 79.9. The topological polar surface area (TPSA) is 33.3 Å². The third-order valence-electron chi connectivity index (χ3n) is 2.84. The standard InChI is InChI=1S/C14H23BrN2O/c1-16-8-3-4-9-17-10-7-12-11-13(15)5-6-14(12)18-2/h5-6,11,16-17H,3-4,7-10H2,1-2H3. The quantitative estimate of drug-likeness (QED) is 0.687. The number of benzene rings is 1. The van der Waals surface area contributed by atoms with E-state index >= 15 is 0 Å². The predicted octanol–water partition coefficient (Wildman–Crippen LogP) is 2.59. The van der Waals surface area contributed by atoms with Crippen molar-refractivity contribution in [3.8, 4) is 5.75 Å². The van der Waals surface area contributed by atoms with E-state index in [0.717, 1.165) is 36.3 Å². The SMILES string of the molecule is CNCCCCNCCc1cc(Br)ccc1OC. The molecule has 0 aromatic heterocycles. The van der Waals surface area contributed by atoms with E-state index in [1.54, 1.807) is 7.11 Å². The van der Waals surface area contributed by atoms with Crippen LogP contribution in [0.3, 0.4) is 0 Å². The van der Waals surface area contributed by atoms with Crippen LogP contribution in [0.4, 0.5) is 0 Å². The molecule has 0 bridgehead atoms. The summed E-state index contributed by atoms with van der Waals surface area (Å²) in [6.45, 7) is 3.17. The molecule has 3 nitrogen and oxygen atoms in total. The molecular formula is C14H23BrN2O. The molecule has 0 radical (unpaired) electrons. The Labute approximate surface area is 118 Å². The Bertz CT molecular complexity index is 345. The van der Waals surface area contributed by atoms with Crippen molar-refractivity contribution in [1.29, 1.82) is 0 Å². The molecule has 0 spiro atoms. The van der Waals surface area contributed by atoms with E-state index in [9.17, 15) is 0 Å². The number of nitrogens with one attached hydrogen (secondary N) is 2. The summed E-state index contributed by atoms with van der Waals surface area (Å²) in [6.07, 6.45) is 3.44. The Balaban J connectivity index is 2.24. The summed E-state index contributed by atoms with van der Waals surface area (Å²) in [7, 11) is 3.71. The Kier molecular flexibility index (Phi) is 8.05. The third-order valence-corrected chi connectivity index (χ3v) is 3.34. The average Bonchev–Trinajstić information content (AvgIpc) is 2.38. The summed E-state index contributed by atoms with van der Waals surface area (Å²) in [4.78, 5) is 0. The summed E-state index contributed by atoms with van der Waals surface area (Å²) < 4.78 is 6.46. The van der Waals surface area contributed by atoms with Crippen molar-refractivity contribution in [2.45, 2.75) is 19.3 Å². The van der Waals surface area contributed by atoms with Crippen LogP contribution >= 0.6 is 15.9 Å². The van der Waals surface area contributed by atoms with Gasteiger partial charge in [-0.1, -0.05) is 15.9 Å². The molecular weight excluding hydrogens is 292 g/mol. The molecule has 0 saturated carbocycles. The maximum absolute atomic E-state index is 5.35. The van der Waals surface area contributed by atoms with Gasteiger partial charge in [-0.05, 0) is 69.7 Å². The van der Waals surface area contributed by atoms with Gasteiger partial charge in [-0.15, -0.1) is 0 Å². The zero-order valence-electron chi connectivity index (χ0n) is 11.3. The Morgan fingerprint density at radius 2 is 1.94 bits per heavy atom. The molecule has 1 aromatic rings. The van der Waals surface area contributed by atoms with Gasteiger partial charge in [0.25, 0.3) is 0 Å². The van der Waals surface area contributed by atoms with Crippen molar-refractivity contribution in [3.05, 3.63) is 28.2 Å². The number of ether oxygens (including phenoxy) is 1. The number of rotatable bonds is 9. The summed E-state index contributed by atoms with van der Waals surface area (Å²) >= 11 is 3.49. The van der Waals surface area contributed by atoms with Crippen LogP contribution in [-0.4, -0.2) is 33.8 Å². The lowest BCUT2D eigenvalue weighted by atomic mass is 10.1. The second kappa shape index (κ2) is 9.36. The second-order valence-corrected chi connectivity index (χ2v) is 5.18. The number of methoxy groups -OCH3 is 1. The molecule has 0 aliphatic rings. The summed E-state index contributed by atoms with van der Waals surface area (Å²) in [5, 5.41) is 6.62. The van der Waals surface area contributed by atoms with Gasteiger partial charge in [-0.2, -0.15) is 0 Å². The molecule has 102 valence electrons. The Morgan fingerprint density at radius 1 is 1.17 bits per heavy atom. The van der Waals surface area contributed by atoms with E-state index in [2.05, 4.69) is 32.6 Å². The van der Waals surface area contributed by atoms with Gasteiger partial charge >= 0.3 is 0 Å². The number of hydrogen-bond acceptors (Lipinski definition) is 3. The van der Waals surface area contributed by atoms with Crippen molar-refractivity contribution in [3.63, 3.8) is 0 Å². The Hall–Kier alpha value is -0.580. The van der Waals surface area contributed by atoms with Crippen LogP contribution in [0.2, 0.25) is 0 Å². The number of hydrogen-bond donors (Lipinski definition) is 2. The van der Waals surface area contributed by atoms with E-state index in [0.29, 0.717) is 0 Å². The normalized spacial score (nSPS) is 10.6. The first kappa shape index (κ1) is 15.5. The first-order valence-electron chi connectivity index (χ1n) is 6.45. The van der Waals surface area contributed by atoms with Crippen molar-refractivity contribution < 1.29 is 4.74 Å². The average molecular weight is 315 g/mol. The summed E-state index contributed by atoms with van der Waals surface area (Å²) in [5.41, 5.74) is 1.24. The molecule has 18 heavy (non-hydrogen) atoms. The lowest BCUT2D eigenvalue weighted by Crippen LogP contribution is -2.20. The highest BCUT2D eigenvalue weighted by Crippen LogP contribution is 2.23. The van der Waals surface area contributed by atoms with Gasteiger partial charge in [0.15, 0.2) is 0 Å². The summed E-state index contributed by atoms with van der Waals surface area (Å²) in [5.74, 6) is 0.968. The van der Waals surface area contributed by atoms with E-state index in [4.69, 9.17) is 4.74 Å². The van der Waals surface area contributed by atoms with Crippen molar-refractivity contribution in [2.24, 2.45) is 0 Å². The van der Waals surface area contributed by atoms with Gasteiger partial charge in [0.05, 0.1) is 7.11 Å². The fourth-order valence-corrected chi connectivity index (χ4v) is 2.25. The van der Waals surface area contributed by atoms with Gasteiger partial charge in [0, 0.05) is 4.47 Å². The van der Waals surface area contributed by atoms with Crippen molar-refractivity contribution in [1.82, 2.24) is 10.6 Å². The lowest BCUT2D eigenvalue weighted by Gasteiger charge is -2.09. The van der Waals surface area contributed by atoms with Crippen molar-refractivity contribution in [2.75, 3.05) is 33.8 Å². The zero-order valence-corrected chi connectivity index (χ0v) is 12.8. The monoisotopic (exact) mass is 314 g/mol. The van der Waals surface area contributed by atoms with E-state index in [1.165, 1.54) is 18.4 Å². The maximum Gasteiger partial charge on any atom is 0.122 e. The van der Waals surface area contributed by atoms with Crippen LogP contribution in [0, 0.1) is 0 Å². The largest absolute Gasteiger partial charge is 0.496 e. The molecule has 1 aromatic carbocycles. The van der Waals surface area contributed by atoms with Gasteiger partial charge in [0.1, 0.15) is 5.75 Å². The van der Waals surface area contributed by atoms with E-state index in [-0.39, 0.29) is 0 Å². The minimum atomic E-state index is 0.968. The fourth-order valence-electron chi connectivity index (χ4n) is 1.84. The van der Waals surface area contributed by atoms with Crippen LogP contribution in [0.1, 0.15) is 18.4 Å².